The molecular weight excluding hydrogens is 234 g/mol. The van der Waals surface area contributed by atoms with E-state index in [1.54, 1.807) is 0 Å². The van der Waals surface area contributed by atoms with Gasteiger partial charge in [-0.05, 0) is 12.1 Å². The topological polar surface area (TPSA) is 73.6 Å². The summed E-state index contributed by atoms with van der Waals surface area (Å²) < 4.78 is 33.3. The number of methoxy groups -OCH3 is 1. The number of anilines is 1. The van der Waals surface area contributed by atoms with Gasteiger partial charge in [0.25, 0.3) is 0 Å². The summed E-state index contributed by atoms with van der Waals surface area (Å²) in [6, 6.07) is 4.13. The molecule has 0 heterocycles. The van der Waals surface area contributed by atoms with E-state index in [9.17, 15) is 13.6 Å². The van der Waals surface area contributed by atoms with Crippen molar-refractivity contribution in [1.29, 1.82) is 0 Å². The average molecular weight is 246 g/mol. The van der Waals surface area contributed by atoms with Gasteiger partial charge in [-0.3, -0.25) is 4.79 Å². The van der Waals surface area contributed by atoms with E-state index in [2.05, 4.69) is 10.1 Å². The minimum atomic E-state index is -2.97. The first kappa shape index (κ1) is 13.2. The number of hydrogen-bond acceptors (Lipinski definition) is 4. The van der Waals surface area contributed by atoms with E-state index in [1.807, 2.05) is 0 Å². The van der Waals surface area contributed by atoms with Crippen molar-refractivity contribution < 1.29 is 23.0 Å². The number of nitrogens with one attached hydrogen (secondary N) is 1. The Labute approximate surface area is 96.5 Å². The number of hydrogen-bond donors (Lipinski definition) is 2. The van der Waals surface area contributed by atoms with Crippen LogP contribution in [0.2, 0.25) is 0 Å². The van der Waals surface area contributed by atoms with E-state index in [-0.39, 0.29) is 18.0 Å². The molecule has 17 heavy (non-hydrogen) atoms. The van der Waals surface area contributed by atoms with Gasteiger partial charge in [-0.15, -0.1) is 0 Å². The SMILES string of the molecule is COc1ccc(NC(=O)CN)cc1OC(F)F. The van der Waals surface area contributed by atoms with Crippen LogP contribution in [0.15, 0.2) is 18.2 Å². The number of carbonyl (C=O) groups excluding carboxylic acids is 1. The highest BCUT2D eigenvalue weighted by atomic mass is 19.3. The maximum Gasteiger partial charge on any atom is 0.387 e. The van der Waals surface area contributed by atoms with Crippen molar-refractivity contribution in [2.45, 2.75) is 6.61 Å². The highest BCUT2D eigenvalue weighted by Gasteiger charge is 2.11. The van der Waals surface area contributed by atoms with Crippen LogP contribution < -0.4 is 20.5 Å². The third kappa shape index (κ3) is 3.87. The standard InChI is InChI=1S/C10H12F2N2O3/c1-16-7-3-2-6(14-9(15)5-13)4-8(7)17-10(11)12/h2-4,10H,5,13H2,1H3,(H,14,15). The number of nitrogens with two attached hydrogens (primary N) is 1. The summed E-state index contributed by atoms with van der Waals surface area (Å²) in [5.74, 6) is -0.438. The van der Waals surface area contributed by atoms with Crippen molar-refractivity contribution in [3.05, 3.63) is 18.2 Å². The molecule has 0 saturated carbocycles. The van der Waals surface area contributed by atoms with Crippen LogP contribution in [-0.4, -0.2) is 26.2 Å². The molecule has 0 atom stereocenters. The van der Waals surface area contributed by atoms with Crippen molar-refractivity contribution in [2.75, 3.05) is 19.0 Å². The summed E-state index contributed by atoms with van der Waals surface area (Å²) in [7, 11) is 1.33. The normalized spacial score (nSPS) is 10.2. The number of ether oxygens (including phenoxy) is 2. The molecule has 0 fully saturated rings. The van der Waals surface area contributed by atoms with Crippen LogP contribution in [0.4, 0.5) is 14.5 Å². The molecule has 1 aromatic carbocycles. The quantitative estimate of drug-likeness (QED) is 0.818. The van der Waals surface area contributed by atoms with E-state index in [4.69, 9.17) is 10.5 Å². The van der Waals surface area contributed by atoms with Crippen LogP contribution in [0.3, 0.4) is 0 Å². The summed E-state index contributed by atoms with van der Waals surface area (Å²) in [4.78, 5) is 11.0. The highest BCUT2D eigenvalue weighted by Crippen LogP contribution is 2.31. The lowest BCUT2D eigenvalue weighted by Gasteiger charge is -2.11. The maximum atomic E-state index is 12.1. The van der Waals surface area contributed by atoms with E-state index >= 15 is 0 Å². The zero-order valence-electron chi connectivity index (χ0n) is 9.07. The molecule has 0 bridgehead atoms. The molecule has 0 unspecified atom stereocenters. The Kier molecular flexibility index (Phi) is 4.65. The molecule has 0 aliphatic heterocycles. The first-order valence-electron chi connectivity index (χ1n) is 4.69. The molecule has 1 aromatic rings. The van der Waals surface area contributed by atoms with E-state index in [1.165, 1.54) is 25.3 Å². The van der Waals surface area contributed by atoms with Gasteiger partial charge in [0, 0.05) is 11.8 Å². The molecule has 0 radical (unpaired) electrons. The molecule has 1 amide bonds. The molecule has 94 valence electrons. The number of carbonyl (C=O) groups is 1. The molecule has 7 heteroatoms. The Bertz CT molecular complexity index is 399. The number of alkyl halides is 2. The Morgan fingerprint density at radius 2 is 2.18 bits per heavy atom. The van der Waals surface area contributed by atoms with Gasteiger partial charge >= 0.3 is 6.61 Å². The van der Waals surface area contributed by atoms with Gasteiger partial charge in [0.15, 0.2) is 11.5 Å². The Balaban J connectivity index is 2.91. The summed E-state index contributed by atoms with van der Waals surface area (Å²) in [6.45, 7) is -3.17. The average Bonchev–Trinajstić information content (AvgIpc) is 2.28. The second-order valence-electron chi connectivity index (χ2n) is 3.00. The van der Waals surface area contributed by atoms with Crippen LogP contribution in [0.5, 0.6) is 11.5 Å². The molecule has 0 aliphatic carbocycles. The van der Waals surface area contributed by atoms with E-state index < -0.39 is 12.5 Å². The summed E-state index contributed by atoms with van der Waals surface area (Å²) >= 11 is 0. The lowest BCUT2D eigenvalue weighted by Crippen LogP contribution is -2.21. The number of amides is 1. The summed E-state index contributed by atoms with van der Waals surface area (Å²) in [5, 5.41) is 2.41. The van der Waals surface area contributed by atoms with Crippen LogP contribution >= 0.6 is 0 Å². The van der Waals surface area contributed by atoms with Gasteiger partial charge in [-0.25, -0.2) is 0 Å². The Hall–Kier alpha value is -1.89. The van der Waals surface area contributed by atoms with Crippen LogP contribution in [0.25, 0.3) is 0 Å². The molecule has 0 saturated heterocycles. The monoisotopic (exact) mass is 246 g/mol. The minimum Gasteiger partial charge on any atom is -0.493 e. The zero-order chi connectivity index (χ0) is 12.8. The fourth-order valence-corrected chi connectivity index (χ4v) is 1.15. The number of rotatable bonds is 5. The molecule has 0 aliphatic rings. The fourth-order valence-electron chi connectivity index (χ4n) is 1.15. The molecule has 3 N–H and O–H groups in total. The minimum absolute atomic E-state index is 0.149. The molecule has 1 rings (SSSR count). The van der Waals surface area contributed by atoms with Gasteiger partial charge in [-0.2, -0.15) is 8.78 Å². The second-order valence-corrected chi connectivity index (χ2v) is 3.00. The third-order valence-electron chi connectivity index (χ3n) is 1.85. The first-order chi connectivity index (χ1) is 8.06. The van der Waals surface area contributed by atoms with E-state index in [0.717, 1.165) is 0 Å². The zero-order valence-corrected chi connectivity index (χ0v) is 9.07. The molecule has 5 nitrogen and oxygen atoms in total. The summed E-state index contributed by atoms with van der Waals surface area (Å²) in [6.07, 6.45) is 0. The predicted molar refractivity (Wildman–Crippen MR) is 57.3 cm³/mol. The molecule has 0 aromatic heterocycles. The van der Waals surface area contributed by atoms with Crippen molar-refractivity contribution in [2.24, 2.45) is 5.73 Å². The number of halogens is 2. The van der Waals surface area contributed by atoms with Crippen molar-refractivity contribution in [1.82, 2.24) is 0 Å². The van der Waals surface area contributed by atoms with Gasteiger partial charge in [0.05, 0.1) is 13.7 Å². The van der Waals surface area contributed by atoms with E-state index in [0.29, 0.717) is 5.69 Å². The highest BCUT2D eigenvalue weighted by molar-refractivity contribution is 5.92. The Morgan fingerprint density at radius 1 is 1.47 bits per heavy atom. The lowest BCUT2D eigenvalue weighted by atomic mass is 10.2. The van der Waals surface area contributed by atoms with Gasteiger partial charge in [-0.1, -0.05) is 0 Å². The largest absolute Gasteiger partial charge is 0.493 e. The van der Waals surface area contributed by atoms with Gasteiger partial charge in [0.2, 0.25) is 5.91 Å². The molecule has 0 spiro atoms. The van der Waals surface area contributed by atoms with Crippen molar-refractivity contribution in [3.8, 4) is 11.5 Å². The van der Waals surface area contributed by atoms with Crippen molar-refractivity contribution in [3.63, 3.8) is 0 Å². The maximum absolute atomic E-state index is 12.1. The van der Waals surface area contributed by atoms with Crippen molar-refractivity contribution >= 4 is 11.6 Å². The summed E-state index contributed by atoms with van der Waals surface area (Å²) in [5.41, 5.74) is 5.41. The first-order valence-corrected chi connectivity index (χ1v) is 4.69. The van der Waals surface area contributed by atoms with Crippen LogP contribution in [0.1, 0.15) is 0 Å². The predicted octanol–water partition coefficient (Wildman–Crippen LogP) is 1.19. The lowest BCUT2D eigenvalue weighted by molar-refractivity contribution is -0.114. The Morgan fingerprint density at radius 3 is 2.71 bits per heavy atom. The van der Waals surface area contributed by atoms with Crippen LogP contribution in [0, 0.1) is 0 Å². The number of benzene rings is 1. The third-order valence-corrected chi connectivity index (χ3v) is 1.85. The van der Waals surface area contributed by atoms with Crippen LogP contribution in [-0.2, 0) is 4.79 Å². The molecular formula is C10H12F2N2O3. The smallest absolute Gasteiger partial charge is 0.387 e. The van der Waals surface area contributed by atoms with Gasteiger partial charge in [0.1, 0.15) is 0 Å². The second kappa shape index (κ2) is 6.00. The van der Waals surface area contributed by atoms with Gasteiger partial charge < -0.3 is 20.5 Å². The fraction of sp³-hybridized carbons (Fsp3) is 0.300.